The van der Waals surface area contributed by atoms with Crippen LogP contribution in [0.2, 0.25) is 10.0 Å². The molecule has 1 atom stereocenters. The van der Waals surface area contributed by atoms with E-state index >= 15 is 0 Å². The SMILES string of the molecule is CC[C@@H](NC(=O)C1CCN(S(=O)(=O)Cc2ccc(Cl)cc2Cl)CC1)c1ccc(OC)cc1. The molecule has 0 spiro atoms. The van der Waals surface area contributed by atoms with E-state index < -0.39 is 10.0 Å². The number of nitrogens with one attached hydrogen (secondary N) is 1. The number of amides is 1. The van der Waals surface area contributed by atoms with Crippen LogP contribution in [0.25, 0.3) is 0 Å². The van der Waals surface area contributed by atoms with Gasteiger partial charge in [0.1, 0.15) is 5.75 Å². The first-order valence-electron chi connectivity index (χ1n) is 10.6. The van der Waals surface area contributed by atoms with Crippen LogP contribution in [-0.4, -0.2) is 38.8 Å². The monoisotopic (exact) mass is 498 g/mol. The molecule has 0 unspecified atom stereocenters. The van der Waals surface area contributed by atoms with E-state index in [1.54, 1.807) is 19.2 Å². The van der Waals surface area contributed by atoms with E-state index in [0.717, 1.165) is 17.7 Å². The fraction of sp³-hybridized carbons (Fsp3) is 0.435. The molecule has 1 aliphatic heterocycles. The van der Waals surface area contributed by atoms with E-state index in [9.17, 15) is 13.2 Å². The summed E-state index contributed by atoms with van der Waals surface area (Å²) in [7, 11) is -1.92. The molecule has 3 rings (SSSR count). The van der Waals surface area contributed by atoms with Gasteiger partial charge in [-0.25, -0.2) is 12.7 Å². The van der Waals surface area contributed by atoms with Crippen molar-refractivity contribution in [1.82, 2.24) is 9.62 Å². The molecular formula is C23H28Cl2N2O4S. The number of hydrogen-bond donors (Lipinski definition) is 1. The van der Waals surface area contributed by atoms with Crippen LogP contribution in [-0.2, 0) is 20.6 Å². The summed E-state index contributed by atoms with van der Waals surface area (Å²) in [5, 5.41) is 3.91. The molecule has 2 aromatic carbocycles. The summed E-state index contributed by atoms with van der Waals surface area (Å²) < 4.78 is 32.3. The molecule has 174 valence electrons. The van der Waals surface area contributed by atoms with Crippen LogP contribution in [0.5, 0.6) is 5.75 Å². The zero-order valence-electron chi connectivity index (χ0n) is 18.2. The number of piperidine rings is 1. The molecule has 0 saturated carbocycles. The van der Waals surface area contributed by atoms with Gasteiger partial charge >= 0.3 is 0 Å². The first-order chi connectivity index (χ1) is 15.2. The second-order valence-corrected chi connectivity index (χ2v) is 10.7. The Hall–Kier alpha value is -1.80. The maximum absolute atomic E-state index is 12.9. The zero-order chi connectivity index (χ0) is 23.3. The van der Waals surface area contributed by atoms with Crippen molar-refractivity contribution in [2.75, 3.05) is 20.2 Å². The molecule has 1 saturated heterocycles. The number of rotatable bonds is 8. The third-order valence-corrected chi connectivity index (χ3v) is 8.23. The molecule has 1 fully saturated rings. The molecule has 1 amide bonds. The Kier molecular flexibility index (Phi) is 8.44. The molecular weight excluding hydrogens is 471 g/mol. The van der Waals surface area contributed by atoms with Crippen molar-refractivity contribution in [3.8, 4) is 5.75 Å². The fourth-order valence-electron chi connectivity index (χ4n) is 3.87. The molecule has 2 aromatic rings. The Morgan fingerprint density at radius 3 is 2.38 bits per heavy atom. The summed E-state index contributed by atoms with van der Waals surface area (Å²) in [4.78, 5) is 12.9. The van der Waals surface area contributed by atoms with E-state index in [1.165, 1.54) is 10.4 Å². The van der Waals surface area contributed by atoms with Gasteiger partial charge in [0.2, 0.25) is 15.9 Å². The zero-order valence-corrected chi connectivity index (χ0v) is 20.5. The van der Waals surface area contributed by atoms with Gasteiger partial charge in [-0.15, -0.1) is 0 Å². The van der Waals surface area contributed by atoms with Gasteiger partial charge in [-0.3, -0.25) is 4.79 Å². The minimum atomic E-state index is -3.54. The second kappa shape index (κ2) is 10.9. The lowest BCUT2D eigenvalue weighted by molar-refractivity contribution is -0.126. The average Bonchev–Trinajstić information content (AvgIpc) is 2.79. The summed E-state index contributed by atoms with van der Waals surface area (Å²) in [5.41, 5.74) is 1.53. The van der Waals surface area contributed by atoms with Crippen molar-refractivity contribution < 1.29 is 17.9 Å². The molecule has 6 nitrogen and oxygen atoms in total. The maximum Gasteiger partial charge on any atom is 0.223 e. The Bertz CT molecular complexity index is 1040. The van der Waals surface area contributed by atoms with Crippen molar-refractivity contribution in [1.29, 1.82) is 0 Å². The number of nitrogens with zero attached hydrogens (tertiary/aromatic N) is 1. The van der Waals surface area contributed by atoms with E-state index in [4.69, 9.17) is 27.9 Å². The third-order valence-electron chi connectivity index (χ3n) is 5.81. The van der Waals surface area contributed by atoms with E-state index in [-0.39, 0.29) is 23.6 Å². The quantitative estimate of drug-likeness (QED) is 0.566. The average molecular weight is 499 g/mol. The number of hydrogen-bond acceptors (Lipinski definition) is 4. The van der Waals surface area contributed by atoms with Crippen molar-refractivity contribution in [2.45, 2.75) is 38.0 Å². The predicted octanol–water partition coefficient (Wildman–Crippen LogP) is 4.81. The van der Waals surface area contributed by atoms with Crippen molar-refractivity contribution in [3.63, 3.8) is 0 Å². The number of benzene rings is 2. The standard InChI is InChI=1S/C23H28Cl2N2O4S/c1-3-22(16-5-8-20(31-2)9-6-16)26-23(28)17-10-12-27(13-11-17)32(29,30)15-18-4-7-19(24)14-21(18)25/h4-9,14,17,22H,3,10-13,15H2,1-2H3,(H,26,28)/t22-/m1/s1. The molecule has 1 heterocycles. The number of halogens is 2. The number of methoxy groups -OCH3 is 1. The first-order valence-corrected chi connectivity index (χ1v) is 13.0. The first kappa shape index (κ1) is 24.8. The fourth-order valence-corrected chi connectivity index (χ4v) is 6.02. The topological polar surface area (TPSA) is 75.7 Å². The van der Waals surface area contributed by atoms with Gasteiger partial charge in [0, 0.05) is 29.1 Å². The summed E-state index contributed by atoms with van der Waals surface area (Å²) in [5.74, 6) is 0.330. The highest BCUT2D eigenvalue weighted by atomic mass is 35.5. The summed E-state index contributed by atoms with van der Waals surface area (Å²) in [6.07, 6.45) is 1.73. The van der Waals surface area contributed by atoms with Gasteiger partial charge < -0.3 is 10.1 Å². The highest BCUT2D eigenvalue weighted by Crippen LogP contribution is 2.27. The lowest BCUT2D eigenvalue weighted by Crippen LogP contribution is -2.44. The summed E-state index contributed by atoms with van der Waals surface area (Å²) in [6.45, 7) is 2.64. The number of ether oxygens (including phenoxy) is 1. The van der Waals surface area contributed by atoms with Crippen LogP contribution in [0.3, 0.4) is 0 Å². The van der Waals surface area contributed by atoms with Crippen molar-refractivity contribution >= 4 is 39.1 Å². The number of carbonyl (C=O) groups excluding carboxylic acids is 1. The third kappa shape index (κ3) is 6.16. The maximum atomic E-state index is 12.9. The predicted molar refractivity (Wildman–Crippen MR) is 128 cm³/mol. The van der Waals surface area contributed by atoms with Crippen LogP contribution in [0, 0.1) is 5.92 Å². The molecule has 0 aliphatic carbocycles. The Labute approximate surface area is 199 Å². The molecule has 0 aromatic heterocycles. The summed E-state index contributed by atoms with van der Waals surface area (Å²) >= 11 is 12.0. The van der Waals surface area contributed by atoms with E-state index in [0.29, 0.717) is 41.5 Å². The molecule has 9 heteroatoms. The Morgan fingerprint density at radius 1 is 1.16 bits per heavy atom. The molecule has 0 bridgehead atoms. The lowest BCUT2D eigenvalue weighted by atomic mass is 9.95. The second-order valence-electron chi connectivity index (χ2n) is 7.91. The van der Waals surface area contributed by atoms with Crippen LogP contribution < -0.4 is 10.1 Å². The van der Waals surface area contributed by atoms with Crippen LogP contribution in [0.1, 0.15) is 43.4 Å². The van der Waals surface area contributed by atoms with E-state index in [1.807, 2.05) is 31.2 Å². The summed E-state index contributed by atoms with van der Waals surface area (Å²) in [6, 6.07) is 12.4. The molecule has 1 aliphatic rings. The Balaban J connectivity index is 1.57. The van der Waals surface area contributed by atoms with Gasteiger partial charge in [-0.2, -0.15) is 0 Å². The van der Waals surface area contributed by atoms with Gasteiger partial charge in [0.15, 0.2) is 0 Å². The highest BCUT2D eigenvalue weighted by molar-refractivity contribution is 7.88. The number of carbonyl (C=O) groups is 1. The highest BCUT2D eigenvalue weighted by Gasteiger charge is 2.32. The molecule has 0 radical (unpaired) electrons. The van der Waals surface area contributed by atoms with Gasteiger partial charge in [-0.1, -0.05) is 48.3 Å². The smallest absolute Gasteiger partial charge is 0.223 e. The minimum Gasteiger partial charge on any atom is -0.497 e. The largest absolute Gasteiger partial charge is 0.497 e. The van der Waals surface area contributed by atoms with Crippen LogP contribution in [0.15, 0.2) is 42.5 Å². The Morgan fingerprint density at radius 2 is 1.81 bits per heavy atom. The van der Waals surface area contributed by atoms with Crippen molar-refractivity contribution in [2.24, 2.45) is 5.92 Å². The van der Waals surface area contributed by atoms with Gasteiger partial charge in [-0.05, 0) is 54.7 Å². The van der Waals surface area contributed by atoms with Gasteiger partial charge in [0.05, 0.1) is 18.9 Å². The minimum absolute atomic E-state index is 0.0366. The molecule has 1 N–H and O–H groups in total. The van der Waals surface area contributed by atoms with Crippen LogP contribution in [0.4, 0.5) is 0 Å². The number of sulfonamides is 1. The lowest BCUT2D eigenvalue weighted by Gasteiger charge is -2.31. The van der Waals surface area contributed by atoms with Gasteiger partial charge in [0.25, 0.3) is 0 Å². The normalized spacial score (nSPS) is 16.5. The van der Waals surface area contributed by atoms with Crippen molar-refractivity contribution in [3.05, 3.63) is 63.6 Å². The van der Waals surface area contributed by atoms with E-state index in [2.05, 4.69) is 5.32 Å². The molecule has 32 heavy (non-hydrogen) atoms. The van der Waals surface area contributed by atoms with Crippen LogP contribution >= 0.6 is 23.2 Å².